The second-order valence-corrected chi connectivity index (χ2v) is 8.96. The molecule has 3 aromatic carbocycles. The van der Waals surface area contributed by atoms with Gasteiger partial charge in [0.1, 0.15) is 17.2 Å². The highest BCUT2D eigenvalue weighted by Gasteiger charge is 2.21. The first-order chi connectivity index (χ1) is 17.2. The number of hydrogen-bond donors (Lipinski definition) is 2. The summed E-state index contributed by atoms with van der Waals surface area (Å²) in [6.07, 6.45) is 0. The zero-order valence-electron chi connectivity index (χ0n) is 20.2. The Balaban J connectivity index is 1.66. The van der Waals surface area contributed by atoms with Gasteiger partial charge in [0.15, 0.2) is 11.3 Å². The van der Waals surface area contributed by atoms with E-state index in [1.807, 2.05) is 57.2 Å². The monoisotopic (exact) mass is 485 g/mol. The first-order valence-corrected chi connectivity index (χ1v) is 11.5. The zero-order valence-corrected chi connectivity index (χ0v) is 20.2. The van der Waals surface area contributed by atoms with E-state index in [2.05, 4.69) is 20.0 Å². The molecule has 1 atom stereocenters. The van der Waals surface area contributed by atoms with Crippen molar-refractivity contribution in [2.24, 2.45) is 0 Å². The van der Waals surface area contributed by atoms with E-state index in [0.717, 1.165) is 22.3 Å². The number of rotatable bonds is 5. The second-order valence-electron chi connectivity index (χ2n) is 8.96. The molecule has 2 N–H and O–H groups in total. The number of aryl methyl sites for hydroxylation is 2. The van der Waals surface area contributed by atoms with E-state index >= 15 is 0 Å². The molecule has 0 saturated carbocycles. The van der Waals surface area contributed by atoms with Crippen molar-refractivity contribution in [3.63, 3.8) is 0 Å². The quantitative estimate of drug-likeness (QED) is 0.315. The third-order valence-electron chi connectivity index (χ3n) is 6.20. The van der Waals surface area contributed by atoms with Crippen LogP contribution in [-0.2, 0) is 0 Å². The number of nitrogens with zero attached hydrogens (tertiary/aromatic N) is 1. The first-order valence-electron chi connectivity index (χ1n) is 11.5. The minimum absolute atomic E-state index is 0.0224. The summed E-state index contributed by atoms with van der Waals surface area (Å²) >= 11 is 0. The average Bonchev–Trinajstić information content (AvgIpc) is 3.26. The lowest BCUT2D eigenvalue weighted by molar-refractivity contribution is 0.387. The molecule has 0 saturated heterocycles. The van der Waals surface area contributed by atoms with Crippen molar-refractivity contribution in [1.29, 1.82) is 0 Å². The number of hydrogen-bond acceptors (Lipinski definition) is 6. The van der Waals surface area contributed by atoms with Crippen LogP contribution in [0.3, 0.4) is 0 Å². The van der Waals surface area contributed by atoms with Gasteiger partial charge in [-0.05, 0) is 57.5 Å². The Kier molecular flexibility index (Phi) is 5.80. The third-order valence-corrected chi connectivity index (χ3v) is 6.20. The summed E-state index contributed by atoms with van der Waals surface area (Å²) in [5.74, 6) is -0.863. The van der Waals surface area contributed by atoms with Crippen molar-refractivity contribution in [1.82, 2.24) is 10.1 Å². The van der Waals surface area contributed by atoms with Crippen LogP contribution < -0.4 is 16.5 Å². The summed E-state index contributed by atoms with van der Waals surface area (Å²) in [6, 6.07) is 15.7. The molecule has 0 amide bonds. The Morgan fingerprint density at radius 1 is 1.00 bits per heavy atom. The van der Waals surface area contributed by atoms with Crippen molar-refractivity contribution in [2.75, 3.05) is 5.32 Å². The van der Waals surface area contributed by atoms with E-state index in [0.29, 0.717) is 28.0 Å². The highest BCUT2D eigenvalue weighted by atomic mass is 19.1. The first kappa shape index (κ1) is 23.3. The Morgan fingerprint density at radius 2 is 1.78 bits per heavy atom. The SMILES string of the molecule is Cc1cccc(-c2oc3c(C(C)Nc4cccc(F)c4-c4noc(=O)[nH]4)cc(C)cc3c(=O)c2C)c1. The molecule has 8 heteroatoms. The van der Waals surface area contributed by atoms with Crippen LogP contribution in [0.4, 0.5) is 10.1 Å². The molecular formula is C28H24FN3O4. The molecule has 0 fully saturated rings. The minimum atomic E-state index is -0.780. The molecule has 0 aliphatic carbocycles. The van der Waals surface area contributed by atoms with Crippen LogP contribution in [0.1, 0.15) is 35.2 Å². The number of benzene rings is 3. The van der Waals surface area contributed by atoms with E-state index in [1.165, 1.54) is 6.07 Å². The van der Waals surface area contributed by atoms with Crippen molar-refractivity contribution in [3.8, 4) is 22.7 Å². The summed E-state index contributed by atoms with van der Waals surface area (Å²) in [5.41, 5.74) is 4.87. The highest BCUT2D eigenvalue weighted by Crippen LogP contribution is 2.35. The van der Waals surface area contributed by atoms with Gasteiger partial charge >= 0.3 is 5.76 Å². The normalized spacial score (nSPS) is 12.1. The van der Waals surface area contributed by atoms with Crippen LogP contribution in [0.25, 0.3) is 33.7 Å². The number of H-pyrrole nitrogens is 1. The van der Waals surface area contributed by atoms with Gasteiger partial charge in [0.2, 0.25) is 0 Å². The molecule has 36 heavy (non-hydrogen) atoms. The molecule has 2 aromatic heterocycles. The van der Waals surface area contributed by atoms with Gasteiger partial charge in [0.25, 0.3) is 0 Å². The number of aromatic nitrogens is 2. The van der Waals surface area contributed by atoms with Crippen LogP contribution in [-0.4, -0.2) is 10.1 Å². The predicted octanol–water partition coefficient (Wildman–Crippen LogP) is 6.04. The molecule has 1 unspecified atom stereocenters. The Labute approximate surface area is 205 Å². The molecule has 5 rings (SSSR count). The van der Waals surface area contributed by atoms with Gasteiger partial charge < -0.3 is 9.73 Å². The van der Waals surface area contributed by atoms with E-state index in [4.69, 9.17) is 4.42 Å². The fourth-order valence-electron chi connectivity index (χ4n) is 4.48. The largest absolute Gasteiger partial charge is 0.455 e. The number of aromatic amines is 1. The molecule has 0 aliphatic heterocycles. The highest BCUT2D eigenvalue weighted by molar-refractivity contribution is 5.85. The smallest absolute Gasteiger partial charge is 0.439 e. The molecule has 2 heterocycles. The van der Waals surface area contributed by atoms with Gasteiger partial charge in [-0.3, -0.25) is 14.3 Å². The third kappa shape index (κ3) is 4.11. The number of anilines is 1. The van der Waals surface area contributed by atoms with Crippen LogP contribution in [0.15, 0.2) is 73.1 Å². The van der Waals surface area contributed by atoms with Crippen LogP contribution in [0.2, 0.25) is 0 Å². The molecule has 0 radical (unpaired) electrons. The molecule has 0 bridgehead atoms. The summed E-state index contributed by atoms with van der Waals surface area (Å²) in [4.78, 5) is 27.3. The van der Waals surface area contributed by atoms with Crippen LogP contribution in [0, 0.1) is 26.6 Å². The molecular weight excluding hydrogens is 461 g/mol. The number of nitrogens with one attached hydrogen (secondary N) is 2. The van der Waals surface area contributed by atoms with Gasteiger partial charge in [-0.15, -0.1) is 0 Å². The van der Waals surface area contributed by atoms with Gasteiger partial charge in [0, 0.05) is 22.4 Å². The fraction of sp³-hybridized carbons (Fsp3) is 0.179. The van der Waals surface area contributed by atoms with E-state index in [1.54, 1.807) is 19.1 Å². The number of halogens is 1. The van der Waals surface area contributed by atoms with Crippen molar-refractivity contribution in [3.05, 3.63) is 103 Å². The number of fused-ring (bicyclic) bond motifs is 1. The van der Waals surface area contributed by atoms with E-state index < -0.39 is 17.6 Å². The van der Waals surface area contributed by atoms with Gasteiger partial charge in [-0.1, -0.05) is 41.1 Å². The van der Waals surface area contributed by atoms with Gasteiger partial charge in [0.05, 0.1) is 17.0 Å². The van der Waals surface area contributed by atoms with Crippen LogP contribution >= 0.6 is 0 Å². The molecule has 0 spiro atoms. The fourth-order valence-corrected chi connectivity index (χ4v) is 4.48. The van der Waals surface area contributed by atoms with E-state index in [-0.39, 0.29) is 16.8 Å². The topological polar surface area (TPSA) is 101 Å². The van der Waals surface area contributed by atoms with Crippen molar-refractivity contribution in [2.45, 2.75) is 33.7 Å². The van der Waals surface area contributed by atoms with Gasteiger partial charge in [-0.2, -0.15) is 0 Å². The van der Waals surface area contributed by atoms with E-state index in [9.17, 15) is 14.0 Å². The summed E-state index contributed by atoms with van der Waals surface area (Å²) in [6.45, 7) is 7.55. The van der Waals surface area contributed by atoms with Crippen molar-refractivity contribution >= 4 is 16.7 Å². The average molecular weight is 486 g/mol. The maximum Gasteiger partial charge on any atom is 0.439 e. The molecule has 0 aliphatic rings. The lowest BCUT2D eigenvalue weighted by Crippen LogP contribution is -2.13. The van der Waals surface area contributed by atoms with Gasteiger partial charge in [-0.25, -0.2) is 9.18 Å². The summed E-state index contributed by atoms with van der Waals surface area (Å²) < 4.78 is 25.8. The maximum atomic E-state index is 14.8. The summed E-state index contributed by atoms with van der Waals surface area (Å²) in [5, 5.41) is 7.41. The standard InChI is InChI=1S/C28H24FN3O4/c1-14-7-5-8-18(11-14)25-16(3)24(33)20-13-15(2)12-19(26(20)35-25)17(4)30-22-10-6-9-21(29)23(22)27-31-28(34)36-32-27/h5-13,17,30H,1-4H3,(H,31,32,34). The van der Waals surface area contributed by atoms with Crippen LogP contribution in [0.5, 0.6) is 0 Å². The predicted molar refractivity (Wildman–Crippen MR) is 137 cm³/mol. The zero-order chi connectivity index (χ0) is 25.6. The van der Waals surface area contributed by atoms with Crippen molar-refractivity contribution < 1.29 is 13.3 Å². The molecule has 5 aromatic rings. The maximum absolute atomic E-state index is 14.8. The Morgan fingerprint density at radius 3 is 2.50 bits per heavy atom. The minimum Gasteiger partial charge on any atom is -0.455 e. The summed E-state index contributed by atoms with van der Waals surface area (Å²) in [7, 11) is 0. The Bertz CT molecular complexity index is 1730. The lowest BCUT2D eigenvalue weighted by Gasteiger charge is -2.20. The Hall–Kier alpha value is -4.46. The second kappa shape index (κ2) is 8.96. The lowest BCUT2D eigenvalue weighted by atomic mass is 9.98. The molecule has 182 valence electrons. The molecule has 7 nitrogen and oxygen atoms in total.